The smallest absolute Gasteiger partial charge is 0.290 e. The molecule has 1 N–H and O–H groups in total. The van der Waals surface area contributed by atoms with Crippen LogP contribution in [0.15, 0.2) is 65.3 Å². The van der Waals surface area contributed by atoms with Crippen molar-refractivity contribution in [3.05, 3.63) is 88.9 Å². The summed E-state index contributed by atoms with van der Waals surface area (Å²) in [5, 5.41) is 2.87. The molecule has 0 saturated heterocycles. The predicted octanol–water partition coefficient (Wildman–Crippen LogP) is 4.67. The first-order chi connectivity index (χ1) is 16.0. The molecular formula is C27H30N2O4. The normalized spacial score (nSPS) is 16.1. The summed E-state index contributed by atoms with van der Waals surface area (Å²) in [6, 6.07) is 17.3. The quantitative estimate of drug-likeness (QED) is 0.573. The molecule has 3 aromatic rings. The average molecular weight is 447 g/mol. The van der Waals surface area contributed by atoms with Crippen LogP contribution in [-0.2, 0) is 11.2 Å². The van der Waals surface area contributed by atoms with Crippen molar-refractivity contribution in [3.8, 4) is 5.75 Å². The second kappa shape index (κ2) is 9.94. The largest absolute Gasteiger partial charge is 0.481 e. The summed E-state index contributed by atoms with van der Waals surface area (Å²) in [5.41, 5.74) is 4.33. The third-order valence-corrected chi connectivity index (χ3v) is 5.93. The number of rotatable bonds is 7. The SMILES string of the molecule is CCCNC(=O)C(C)Oc1ccc2c(c1)C(c1cccc(C)c1)N(C(=O)c1ccco1)CC2. The van der Waals surface area contributed by atoms with Gasteiger partial charge in [-0.05, 0) is 67.6 Å². The number of carbonyl (C=O) groups is 2. The van der Waals surface area contributed by atoms with Crippen molar-refractivity contribution in [1.29, 1.82) is 0 Å². The van der Waals surface area contributed by atoms with E-state index in [2.05, 4.69) is 11.4 Å². The van der Waals surface area contributed by atoms with Crippen LogP contribution in [0.25, 0.3) is 0 Å². The number of nitrogens with one attached hydrogen (secondary N) is 1. The summed E-state index contributed by atoms with van der Waals surface area (Å²) in [5.74, 6) is 0.651. The Morgan fingerprint density at radius 1 is 1.18 bits per heavy atom. The Hall–Kier alpha value is -3.54. The molecule has 2 aromatic carbocycles. The second-order valence-electron chi connectivity index (χ2n) is 8.45. The van der Waals surface area contributed by atoms with Crippen molar-refractivity contribution in [2.45, 2.75) is 45.8 Å². The first-order valence-electron chi connectivity index (χ1n) is 11.5. The zero-order chi connectivity index (χ0) is 23.4. The number of aryl methyl sites for hydroxylation is 1. The number of benzene rings is 2. The topological polar surface area (TPSA) is 71.8 Å². The molecule has 4 rings (SSSR count). The number of nitrogens with zero attached hydrogens (tertiary/aromatic N) is 1. The van der Waals surface area contributed by atoms with Gasteiger partial charge in [-0.25, -0.2) is 0 Å². The van der Waals surface area contributed by atoms with E-state index in [1.54, 1.807) is 19.1 Å². The van der Waals surface area contributed by atoms with Crippen molar-refractivity contribution in [3.63, 3.8) is 0 Å². The van der Waals surface area contributed by atoms with E-state index in [-0.39, 0.29) is 17.9 Å². The highest BCUT2D eigenvalue weighted by atomic mass is 16.5. The van der Waals surface area contributed by atoms with Crippen LogP contribution in [0.1, 0.15) is 59.1 Å². The number of fused-ring (bicyclic) bond motifs is 1. The van der Waals surface area contributed by atoms with Crippen LogP contribution in [0.2, 0.25) is 0 Å². The maximum absolute atomic E-state index is 13.3. The van der Waals surface area contributed by atoms with Gasteiger partial charge >= 0.3 is 0 Å². The molecule has 0 spiro atoms. The molecule has 172 valence electrons. The van der Waals surface area contributed by atoms with Crippen molar-refractivity contribution >= 4 is 11.8 Å². The van der Waals surface area contributed by atoms with Gasteiger partial charge in [-0.3, -0.25) is 9.59 Å². The molecule has 2 amide bonds. The lowest BCUT2D eigenvalue weighted by Crippen LogP contribution is -2.40. The number of amides is 2. The van der Waals surface area contributed by atoms with E-state index in [1.807, 2.05) is 55.1 Å². The fourth-order valence-electron chi connectivity index (χ4n) is 4.28. The zero-order valence-electron chi connectivity index (χ0n) is 19.3. The summed E-state index contributed by atoms with van der Waals surface area (Å²) in [4.78, 5) is 27.5. The van der Waals surface area contributed by atoms with Crippen LogP contribution in [0, 0.1) is 6.92 Å². The highest BCUT2D eigenvalue weighted by molar-refractivity contribution is 5.92. The van der Waals surface area contributed by atoms with E-state index in [4.69, 9.17) is 9.15 Å². The van der Waals surface area contributed by atoms with E-state index in [9.17, 15) is 9.59 Å². The lowest BCUT2D eigenvalue weighted by Gasteiger charge is -2.37. The molecule has 1 aromatic heterocycles. The zero-order valence-corrected chi connectivity index (χ0v) is 19.3. The Morgan fingerprint density at radius 2 is 2.03 bits per heavy atom. The Morgan fingerprint density at radius 3 is 2.76 bits per heavy atom. The Kier molecular flexibility index (Phi) is 6.82. The van der Waals surface area contributed by atoms with E-state index in [0.717, 1.165) is 29.5 Å². The van der Waals surface area contributed by atoms with Gasteiger partial charge < -0.3 is 19.4 Å². The molecular weight excluding hydrogens is 416 g/mol. The highest BCUT2D eigenvalue weighted by Gasteiger charge is 2.34. The predicted molar refractivity (Wildman–Crippen MR) is 126 cm³/mol. The Balaban J connectivity index is 1.69. The standard InChI is InChI=1S/C27H30N2O4/c1-4-13-28-26(30)19(3)33-22-11-10-20-12-14-29(27(31)24-9-6-15-32-24)25(23(20)17-22)21-8-5-7-18(2)16-21/h5-11,15-17,19,25H,4,12-14H2,1-3H3,(H,28,30). The number of hydrogen-bond acceptors (Lipinski definition) is 4. The van der Waals surface area contributed by atoms with Crippen molar-refractivity contribution in [1.82, 2.24) is 10.2 Å². The molecule has 33 heavy (non-hydrogen) atoms. The minimum atomic E-state index is -0.614. The van der Waals surface area contributed by atoms with E-state index >= 15 is 0 Å². The van der Waals surface area contributed by atoms with Gasteiger partial charge in [0.05, 0.1) is 12.3 Å². The first-order valence-corrected chi connectivity index (χ1v) is 11.5. The third kappa shape index (κ3) is 4.95. The lowest BCUT2D eigenvalue weighted by atomic mass is 9.87. The van der Waals surface area contributed by atoms with Crippen LogP contribution in [0.3, 0.4) is 0 Å². The summed E-state index contributed by atoms with van der Waals surface area (Å²) in [7, 11) is 0. The second-order valence-corrected chi connectivity index (χ2v) is 8.45. The minimum Gasteiger partial charge on any atom is -0.481 e. The highest BCUT2D eigenvalue weighted by Crippen LogP contribution is 2.38. The van der Waals surface area contributed by atoms with Crippen LogP contribution in [-0.4, -0.2) is 35.9 Å². The van der Waals surface area contributed by atoms with Crippen molar-refractivity contribution in [2.24, 2.45) is 0 Å². The number of ether oxygens (including phenoxy) is 1. The van der Waals surface area contributed by atoms with Crippen LogP contribution < -0.4 is 10.1 Å². The van der Waals surface area contributed by atoms with Crippen LogP contribution in [0.4, 0.5) is 0 Å². The van der Waals surface area contributed by atoms with Gasteiger partial charge in [0.1, 0.15) is 5.75 Å². The molecule has 0 bridgehead atoms. The molecule has 0 aliphatic carbocycles. The summed E-state index contributed by atoms with van der Waals surface area (Å²) in [6.07, 6.45) is 2.51. The lowest BCUT2D eigenvalue weighted by molar-refractivity contribution is -0.127. The van der Waals surface area contributed by atoms with Gasteiger partial charge in [0.2, 0.25) is 0 Å². The minimum absolute atomic E-state index is 0.139. The monoisotopic (exact) mass is 446 g/mol. The summed E-state index contributed by atoms with van der Waals surface area (Å²) in [6.45, 7) is 7.00. The molecule has 2 unspecified atom stereocenters. The summed E-state index contributed by atoms with van der Waals surface area (Å²) >= 11 is 0. The van der Waals surface area contributed by atoms with Crippen LogP contribution >= 0.6 is 0 Å². The number of carbonyl (C=O) groups excluding carboxylic acids is 2. The third-order valence-electron chi connectivity index (χ3n) is 5.93. The fraction of sp³-hybridized carbons (Fsp3) is 0.333. The van der Waals surface area contributed by atoms with E-state index < -0.39 is 6.10 Å². The van der Waals surface area contributed by atoms with Gasteiger partial charge in [-0.1, -0.05) is 42.8 Å². The molecule has 0 fully saturated rings. The van der Waals surface area contributed by atoms with Gasteiger partial charge in [0.25, 0.3) is 11.8 Å². The number of hydrogen-bond donors (Lipinski definition) is 1. The van der Waals surface area contributed by atoms with Gasteiger partial charge in [0, 0.05) is 13.1 Å². The van der Waals surface area contributed by atoms with E-state index in [1.165, 1.54) is 11.8 Å². The van der Waals surface area contributed by atoms with Crippen LogP contribution in [0.5, 0.6) is 5.75 Å². The molecule has 1 aliphatic heterocycles. The Labute approximate surface area is 194 Å². The summed E-state index contributed by atoms with van der Waals surface area (Å²) < 4.78 is 11.4. The molecule has 2 heterocycles. The maximum Gasteiger partial charge on any atom is 0.290 e. The molecule has 0 saturated carbocycles. The Bertz CT molecular complexity index is 1120. The fourth-order valence-corrected chi connectivity index (χ4v) is 4.28. The van der Waals surface area contributed by atoms with E-state index in [0.29, 0.717) is 24.6 Å². The average Bonchev–Trinajstić information content (AvgIpc) is 3.36. The number of furan rings is 1. The first kappa shape index (κ1) is 22.6. The molecule has 1 aliphatic rings. The van der Waals surface area contributed by atoms with Gasteiger partial charge in [-0.15, -0.1) is 0 Å². The van der Waals surface area contributed by atoms with Gasteiger partial charge in [0.15, 0.2) is 11.9 Å². The van der Waals surface area contributed by atoms with Gasteiger partial charge in [-0.2, -0.15) is 0 Å². The molecule has 6 heteroatoms. The maximum atomic E-state index is 13.3. The van der Waals surface area contributed by atoms with Crippen molar-refractivity contribution in [2.75, 3.05) is 13.1 Å². The molecule has 0 radical (unpaired) electrons. The molecule has 6 nitrogen and oxygen atoms in total. The molecule has 2 atom stereocenters. The van der Waals surface area contributed by atoms with Crippen molar-refractivity contribution < 1.29 is 18.7 Å².